The van der Waals surface area contributed by atoms with Crippen molar-refractivity contribution in [2.24, 2.45) is 0 Å². The number of nitrogens with one attached hydrogen (secondary N) is 2. The van der Waals surface area contributed by atoms with Gasteiger partial charge in [0.25, 0.3) is 23.4 Å². The van der Waals surface area contributed by atoms with Gasteiger partial charge in [0, 0.05) is 28.6 Å². The Balaban J connectivity index is 1.57. The molecule has 0 atom stereocenters. The summed E-state index contributed by atoms with van der Waals surface area (Å²) in [5.74, 6) is -1.78. The molecule has 0 bridgehead atoms. The summed E-state index contributed by atoms with van der Waals surface area (Å²) in [5, 5.41) is 16.5. The van der Waals surface area contributed by atoms with Crippen LogP contribution in [0.2, 0.25) is 0 Å². The summed E-state index contributed by atoms with van der Waals surface area (Å²) in [6, 6.07) is 16.0. The van der Waals surface area contributed by atoms with Gasteiger partial charge in [0.2, 0.25) is 0 Å². The van der Waals surface area contributed by atoms with Gasteiger partial charge in [0.05, 0.1) is 10.6 Å². The fourth-order valence-electron chi connectivity index (χ4n) is 3.66. The second-order valence-corrected chi connectivity index (χ2v) is 8.72. The third kappa shape index (κ3) is 4.69. The fourth-order valence-corrected chi connectivity index (χ4v) is 3.87. The minimum absolute atomic E-state index is 0.0999. The van der Waals surface area contributed by atoms with Crippen molar-refractivity contribution in [3.63, 3.8) is 0 Å². The summed E-state index contributed by atoms with van der Waals surface area (Å²) >= 11 is 6.24. The van der Waals surface area contributed by atoms with Crippen LogP contribution in [0.4, 0.5) is 22.7 Å². The summed E-state index contributed by atoms with van der Waals surface area (Å²) in [7, 11) is 0. The zero-order valence-electron chi connectivity index (χ0n) is 19.6. The molecule has 4 rings (SSSR count). The van der Waals surface area contributed by atoms with Crippen LogP contribution in [-0.4, -0.2) is 22.6 Å². The molecule has 36 heavy (non-hydrogen) atoms. The normalized spacial score (nSPS) is 13.3. The van der Waals surface area contributed by atoms with Crippen LogP contribution in [0.15, 0.2) is 71.4 Å². The third-order valence-corrected chi connectivity index (χ3v) is 6.09. The molecular formula is C26H21ClN4O5. The Labute approximate surface area is 211 Å². The lowest BCUT2D eigenvalue weighted by Crippen LogP contribution is -2.32. The smallest absolute Gasteiger partial charge is 0.283 e. The highest BCUT2D eigenvalue weighted by Crippen LogP contribution is 2.31. The SMILES string of the molecule is Cc1ccc(N2C(=O)C(Cl)=C(Nc3cc(C(=O)Nc4ccc(C)c([N+](=O)[O-])c4)ccc3C)C2=O)cc1. The van der Waals surface area contributed by atoms with Gasteiger partial charge in [-0.05, 0) is 56.7 Å². The summed E-state index contributed by atoms with van der Waals surface area (Å²) in [5.41, 5.74) is 3.23. The predicted molar refractivity (Wildman–Crippen MR) is 137 cm³/mol. The van der Waals surface area contributed by atoms with Gasteiger partial charge in [-0.25, -0.2) is 4.90 Å². The molecule has 0 fully saturated rings. The molecule has 0 aromatic heterocycles. The van der Waals surface area contributed by atoms with Crippen LogP contribution < -0.4 is 15.5 Å². The number of rotatable bonds is 6. The van der Waals surface area contributed by atoms with Gasteiger partial charge >= 0.3 is 0 Å². The molecule has 10 heteroatoms. The van der Waals surface area contributed by atoms with Crippen LogP contribution in [0, 0.1) is 30.9 Å². The van der Waals surface area contributed by atoms with E-state index in [1.807, 2.05) is 6.92 Å². The van der Waals surface area contributed by atoms with Gasteiger partial charge in [-0.15, -0.1) is 0 Å². The number of nitro benzene ring substituents is 1. The first kappa shape index (κ1) is 24.6. The molecule has 0 unspecified atom stereocenters. The molecular weight excluding hydrogens is 484 g/mol. The Morgan fingerprint density at radius 2 is 1.58 bits per heavy atom. The second kappa shape index (κ2) is 9.63. The quantitative estimate of drug-likeness (QED) is 0.270. The monoisotopic (exact) mass is 504 g/mol. The topological polar surface area (TPSA) is 122 Å². The van der Waals surface area contributed by atoms with Crippen molar-refractivity contribution in [3.05, 3.63) is 104 Å². The lowest BCUT2D eigenvalue weighted by atomic mass is 10.1. The predicted octanol–water partition coefficient (Wildman–Crippen LogP) is 5.21. The van der Waals surface area contributed by atoms with Crippen LogP contribution in [0.25, 0.3) is 0 Å². The summed E-state index contributed by atoms with van der Waals surface area (Å²) in [6.07, 6.45) is 0. The largest absolute Gasteiger partial charge is 0.349 e. The van der Waals surface area contributed by atoms with Gasteiger partial charge in [-0.1, -0.05) is 41.4 Å². The maximum Gasteiger partial charge on any atom is 0.283 e. The Kier molecular flexibility index (Phi) is 6.59. The molecule has 0 saturated heterocycles. The van der Waals surface area contributed by atoms with E-state index in [0.717, 1.165) is 10.5 Å². The number of anilines is 3. The molecule has 1 aliphatic heterocycles. The van der Waals surface area contributed by atoms with Crippen LogP contribution in [-0.2, 0) is 9.59 Å². The molecule has 0 radical (unpaired) electrons. The number of halogens is 1. The fraction of sp³-hybridized carbons (Fsp3) is 0.115. The van der Waals surface area contributed by atoms with Gasteiger partial charge in [0.1, 0.15) is 10.7 Å². The van der Waals surface area contributed by atoms with Crippen molar-refractivity contribution in [1.82, 2.24) is 0 Å². The lowest BCUT2D eigenvalue weighted by Gasteiger charge is -2.16. The molecule has 0 spiro atoms. The molecule has 3 aromatic carbocycles. The Morgan fingerprint density at radius 3 is 2.25 bits per heavy atom. The first-order valence-corrected chi connectivity index (χ1v) is 11.2. The molecule has 3 amide bonds. The third-order valence-electron chi connectivity index (χ3n) is 5.74. The van der Waals surface area contributed by atoms with Crippen LogP contribution in [0.1, 0.15) is 27.0 Å². The molecule has 1 heterocycles. The lowest BCUT2D eigenvalue weighted by molar-refractivity contribution is -0.385. The number of aryl methyl sites for hydroxylation is 3. The van der Waals surface area contributed by atoms with Gasteiger partial charge in [0.15, 0.2) is 0 Å². The van der Waals surface area contributed by atoms with Crippen molar-refractivity contribution >= 4 is 52.1 Å². The number of hydrogen-bond acceptors (Lipinski definition) is 6. The minimum atomic E-state index is -0.652. The average Bonchev–Trinajstić information content (AvgIpc) is 3.05. The minimum Gasteiger partial charge on any atom is -0.349 e. The van der Waals surface area contributed by atoms with Crippen molar-refractivity contribution in [2.75, 3.05) is 15.5 Å². The number of nitro groups is 1. The highest BCUT2D eigenvalue weighted by molar-refractivity contribution is 6.53. The summed E-state index contributed by atoms with van der Waals surface area (Å²) < 4.78 is 0. The summed E-state index contributed by atoms with van der Waals surface area (Å²) in [6.45, 7) is 5.26. The first-order valence-electron chi connectivity index (χ1n) is 10.9. The molecule has 3 aromatic rings. The van der Waals surface area contributed by atoms with E-state index in [4.69, 9.17) is 11.6 Å². The van der Waals surface area contributed by atoms with Gasteiger partial charge < -0.3 is 10.6 Å². The number of benzene rings is 3. The van der Waals surface area contributed by atoms with Crippen molar-refractivity contribution in [3.8, 4) is 0 Å². The number of nitrogens with zero attached hydrogens (tertiary/aromatic N) is 2. The molecule has 0 saturated carbocycles. The van der Waals surface area contributed by atoms with Crippen LogP contribution in [0.5, 0.6) is 0 Å². The summed E-state index contributed by atoms with van der Waals surface area (Å²) in [4.78, 5) is 50.3. The standard InChI is InChI=1S/C26H21ClN4O5/c1-14-4-10-19(11-5-14)30-25(33)22(27)23(26(30)34)29-20-12-17(8-6-15(20)2)24(32)28-18-9-7-16(3)21(13-18)31(35)36/h4-13,29H,1-3H3,(H,28,32). The van der Waals surface area contributed by atoms with Crippen molar-refractivity contribution in [2.45, 2.75) is 20.8 Å². The van der Waals surface area contributed by atoms with Gasteiger partial charge in [-0.2, -0.15) is 0 Å². The Hall–Kier alpha value is -4.50. The van der Waals surface area contributed by atoms with E-state index in [2.05, 4.69) is 10.6 Å². The molecule has 182 valence electrons. The maximum atomic E-state index is 13.1. The zero-order valence-corrected chi connectivity index (χ0v) is 20.3. The van der Waals surface area contributed by atoms with E-state index in [9.17, 15) is 24.5 Å². The van der Waals surface area contributed by atoms with E-state index in [-0.39, 0.29) is 27.7 Å². The van der Waals surface area contributed by atoms with E-state index < -0.39 is 22.6 Å². The van der Waals surface area contributed by atoms with E-state index >= 15 is 0 Å². The average molecular weight is 505 g/mol. The van der Waals surface area contributed by atoms with E-state index in [1.165, 1.54) is 12.1 Å². The first-order chi connectivity index (χ1) is 17.1. The van der Waals surface area contributed by atoms with Crippen molar-refractivity contribution in [1.29, 1.82) is 0 Å². The van der Waals surface area contributed by atoms with Crippen LogP contribution in [0.3, 0.4) is 0 Å². The number of carbonyl (C=O) groups is 3. The molecule has 0 aliphatic carbocycles. The Morgan fingerprint density at radius 1 is 0.917 bits per heavy atom. The number of carbonyl (C=O) groups excluding carboxylic acids is 3. The van der Waals surface area contributed by atoms with E-state index in [1.54, 1.807) is 62.4 Å². The van der Waals surface area contributed by atoms with Gasteiger partial charge in [-0.3, -0.25) is 24.5 Å². The number of imide groups is 1. The number of hydrogen-bond donors (Lipinski definition) is 2. The number of amides is 3. The maximum absolute atomic E-state index is 13.1. The van der Waals surface area contributed by atoms with Crippen LogP contribution >= 0.6 is 11.6 Å². The second-order valence-electron chi connectivity index (χ2n) is 8.34. The Bertz CT molecular complexity index is 1460. The molecule has 2 N–H and O–H groups in total. The highest BCUT2D eigenvalue weighted by atomic mass is 35.5. The van der Waals surface area contributed by atoms with Crippen molar-refractivity contribution < 1.29 is 19.3 Å². The molecule has 9 nitrogen and oxygen atoms in total. The van der Waals surface area contributed by atoms with E-state index in [0.29, 0.717) is 22.5 Å². The molecule has 1 aliphatic rings. The zero-order chi connectivity index (χ0) is 26.1. The highest BCUT2D eigenvalue weighted by Gasteiger charge is 2.39.